The van der Waals surface area contributed by atoms with E-state index in [0.29, 0.717) is 0 Å². The molecule has 0 aromatic heterocycles. The van der Waals surface area contributed by atoms with Gasteiger partial charge in [0.25, 0.3) is 0 Å². The van der Waals surface area contributed by atoms with Crippen LogP contribution in [-0.4, -0.2) is 6.61 Å². The van der Waals surface area contributed by atoms with Gasteiger partial charge in [-0.2, -0.15) is 0 Å². The Morgan fingerprint density at radius 2 is 2.00 bits per heavy atom. The molecule has 0 aromatic carbocycles. The maximum Gasteiger partial charge on any atom is 0.109 e. The fourth-order valence-corrected chi connectivity index (χ4v) is 1.55. The predicted octanol–water partition coefficient (Wildman–Crippen LogP) is 3.43. The molecule has 12 heavy (non-hydrogen) atoms. The summed E-state index contributed by atoms with van der Waals surface area (Å²) in [7, 11) is 0. The Kier molecular flexibility index (Phi) is 3.92. The van der Waals surface area contributed by atoms with Crippen molar-refractivity contribution in [3.05, 3.63) is 23.5 Å². The summed E-state index contributed by atoms with van der Waals surface area (Å²) < 4.78 is 5.27. The molecule has 0 radical (unpaired) electrons. The van der Waals surface area contributed by atoms with Gasteiger partial charge in [0.15, 0.2) is 0 Å². The van der Waals surface area contributed by atoms with Crippen molar-refractivity contribution in [3.63, 3.8) is 0 Å². The van der Waals surface area contributed by atoms with Crippen molar-refractivity contribution >= 4 is 0 Å². The summed E-state index contributed by atoms with van der Waals surface area (Å²) in [5.41, 5.74) is 3.01. The van der Waals surface area contributed by atoms with Gasteiger partial charge < -0.3 is 4.74 Å². The van der Waals surface area contributed by atoms with E-state index in [4.69, 9.17) is 4.74 Å². The quantitative estimate of drug-likeness (QED) is 0.621. The molecule has 0 amide bonds. The molecule has 68 valence electrons. The SMILES string of the molecule is CCCC1=C(CCC)COC=C1. The van der Waals surface area contributed by atoms with Crippen LogP contribution in [0.3, 0.4) is 0 Å². The van der Waals surface area contributed by atoms with Crippen LogP contribution in [0.5, 0.6) is 0 Å². The standard InChI is InChI=1S/C11H18O/c1-3-5-10-7-8-12-9-11(10)6-4-2/h7-8H,3-6,9H2,1-2H3. The molecule has 1 nitrogen and oxygen atoms in total. The van der Waals surface area contributed by atoms with Crippen molar-refractivity contribution < 1.29 is 4.74 Å². The Labute approximate surface area is 75.1 Å². The molecule has 0 bridgehead atoms. The molecule has 0 saturated heterocycles. The summed E-state index contributed by atoms with van der Waals surface area (Å²) in [6.45, 7) is 5.26. The van der Waals surface area contributed by atoms with Crippen molar-refractivity contribution in [2.75, 3.05) is 6.61 Å². The molecule has 0 aliphatic carbocycles. The Morgan fingerprint density at radius 1 is 1.25 bits per heavy atom. The third-order valence-corrected chi connectivity index (χ3v) is 2.15. The Morgan fingerprint density at radius 3 is 2.67 bits per heavy atom. The van der Waals surface area contributed by atoms with Crippen LogP contribution in [-0.2, 0) is 4.74 Å². The van der Waals surface area contributed by atoms with E-state index in [1.807, 2.05) is 6.26 Å². The molecule has 0 fully saturated rings. The third kappa shape index (κ3) is 2.40. The average Bonchev–Trinajstić information content (AvgIpc) is 2.09. The molecule has 1 heteroatoms. The fourth-order valence-electron chi connectivity index (χ4n) is 1.55. The van der Waals surface area contributed by atoms with E-state index in [1.165, 1.54) is 36.8 Å². The normalized spacial score (nSPS) is 16.5. The first-order valence-electron chi connectivity index (χ1n) is 4.87. The van der Waals surface area contributed by atoms with Gasteiger partial charge in [0, 0.05) is 0 Å². The van der Waals surface area contributed by atoms with Crippen molar-refractivity contribution in [2.45, 2.75) is 39.5 Å². The zero-order chi connectivity index (χ0) is 8.81. The smallest absolute Gasteiger partial charge is 0.109 e. The van der Waals surface area contributed by atoms with Gasteiger partial charge in [-0.3, -0.25) is 0 Å². The number of hydrogen-bond donors (Lipinski definition) is 0. The molecule has 1 aliphatic heterocycles. The Hall–Kier alpha value is -0.720. The summed E-state index contributed by atoms with van der Waals surface area (Å²) in [4.78, 5) is 0. The van der Waals surface area contributed by atoms with Gasteiger partial charge in [0.05, 0.1) is 6.26 Å². The molecule has 0 spiro atoms. The van der Waals surface area contributed by atoms with Crippen molar-refractivity contribution in [1.29, 1.82) is 0 Å². The molecule has 0 N–H and O–H groups in total. The average molecular weight is 166 g/mol. The third-order valence-electron chi connectivity index (χ3n) is 2.15. The van der Waals surface area contributed by atoms with Crippen LogP contribution in [0.4, 0.5) is 0 Å². The van der Waals surface area contributed by atoms with E-state index < -0.39 is 0 Å². The molecule has 1 rings (SSSR count). The second-order valence-electron chi connectivity index (χ2n) is 3.24. The predicted molar refractivity (Wildman–Crippen MR) is 51.9 cm³/mol. The van der Waals surface area contributed by atoms with E-state index >= 15 is 0 Å². The minimum atomic E-state index is 0.819. The summed E-state index contributed by atoms with van der Waals surface area (Å²) in [5, 5.41) is 0. The maximum atomic E-state index is 5.27. The highest BCUT2D eigenvalue weighted by molar-refractivity contribution is 5.27. The fraction of sp³-hybridized carbons (Fsp3) is 0.636. The van der Waals surface area contributed by atoms with Gasteiger partial charge in [-0.1, -0.05) is 26.7 Å². The van der Waals surface area contributed by atoms with E-state index in [-0.39, 0.29) is 0 Å². The van der Waals surface area contributed by atoms with Gasteiger partial charge in [-0.05, 0) is 30.1 Å². The second kappa shape index (κ2) is 5.02. The lowest BCUT2D eigenvalue weighted by molar-refractivity contribution is 0.269. The van der Waals surface area contributed by atoms with Crippen LogP contribution in [0.15, 0.2) is 23.5 Å². The van der Waals surface area contributed by atoms with Crippen LogP contribution >= 0.6 is 0 Å². The van der Waals surface area contributed by atoms with E-state index in [1.54, 1.807) is 0 Å². The largest absolute Gasteiger partial charge is 0.497 e. The molecular weight excluding hydrogens is 148 g/mol. The number of rotatable bonds is 4. The first-order valence-corrected chi connectivity index (χ1v) is 4.87. The minimum Gasteiger partial charge on any atom is -0.497 e. The molecule has 0 unspecified atom stereocenters. The highest BCUT2D eigenvalue weighted by Gasteiger charge is 2.06. The summed E-state index contributed by atoms with van der Waals surface area (Å²) in [5.74, 6) is 0. The number of hydrogen-bond acceptors (Lipinski definition) is 1. The summed E-state index contributed by atoms with van der Waals surface area (Å²) in [6, 6.07) is 0. The van der Waals surface area contributed by atoms with Crippen LogP contribution in [0, 0.1) is 0 Å². The second-order valence-corrected chi connectivity index (χ2v) is 3.24. The van der Waals surface area contributed by atoms with Crippen molar-refractivity contribution in [1.82, 2.24) is 0 Å². The first kappa shape index (κ1) is 9.37. The van der Waals surface area contributed by atoms with Crippen LogP contribution in [0.1, 0.15) is 39.5 Å². The van der Waals surface area contributed by atoms with Gasteiger partial charge in [-0.15, -0.1) is 0 Å². The summed E-state index contributed by atoms with van der Waals surface area (Å²) in [6.07, 6.45) is 8.80. The highest BCUT2D eigenvalue weighted by Crippen LogP contribution is 2.21. The van der Waals surface area contributed by atoms with Crippen LogP contribution in [0.2, 0.25) is 0 Å². The molecule has 0 atom stereocenters. The maximum absolute atomic E-state index is 5.27. The van der Waals surface area contributed by atoms with Gasteiger partial charge in [0.1, 0.15) is 6.61 Å². The monoisotopic (exact) mass is 166 g/mol. The molecular formula is C11H18O. The topological polar surface area (TPSA) is 9.23 Å². The van der Waals surface area contributed by atoms with Crippen LogP contribution in [0.25, 0.3) is 0 Å². The molecule has 0 saturated carbocycles. The minimum absolute atomic E-state index is 0.819. The van der Waals surface area contributed by atoms with Gasteiger partial charge in [-0.25, -0.2) is 0 Å². The molecule has 1 heterocycles. The van der Waals surface area contributed by atoms with Crippen molar-refractivity contribution in [3.8, 4) is 0 Å². The van der Waals surface area contributed by atoms with E-state index in [2.05, 4.69) is 19.9 Å². The first-order chi connectivity index (χ1) is 5.88. The van der Waals surface area contributed by atoms with Crippen LogP contribution < -0.4 is 0 Å². The lowest BCUT2D eigenvalue weighted by Gasteiger charge is -2.15. The number of ether oxygens (including phenoxy) is 1. The Balaban J connectivity index is 2.62. The van der Waals surface area contributed by atoms with Gasteiger partial charge in [0.2, 0.25) is 0 Å². The molecule has 0 aromatic rings. The lowest BCUT2D eigenvalue weighted by Crippen LogP contribution is -2.02. The van der Waals surface area contributed by atoms with Gasteiger partial charge >= 0.3 is 0 Å². The van der Waals surface area contributed by atoms with Crippen molar-refractivity contribution in [2.24, 2.45) is 0 Å². The van der Waals surface area contributed by atoms with E-state index in [0.717, 1.165) is 6.61 Å². The molecule has 1 aliphatic rings. The zero-order valence-electron chi connectivity index (χ0n) is 8.10. The highest BCUT2D eigenvalue weighted by atomic mass is 16.5. The number of allylic oxidation sites excluding steroid dienone is 2. The Bertz CT molecular complexity index is 189. The zero-order valence-corrected chi connectivity index (χ0v) is 8.10. The lowest BCUT2D eigenvalue weighted by atomic mass is 9.99. The van der Waals surface area contributed by atoms with E-state index in [9.17, 15) is 0 Å². The summed E-state index contributed by atoms with van der Waals surface area (Å²) >= 11 is 0.